The molecule has 0 aliphatic carbocycles. The van der Waals surface area contributed by atoms with E-state index in [0.29, 0.717) is 27.6 Å². The van der Waals surface area contributed by atoms with E-state index >= 15 is 0 Å². The highest BCUT2D eigenvalue weighted by atomic mass is 16.5. The number of hydrogen-bond donors (Lipinski definition) is 1. The number of hydrogen-bond acceptors (Lipinski definition) is 3. The van der Waals surface area contributed by atoms with Crippen LogP contribution in [0.25, 0.3) is 22.0 Å². The number of fused-ring (bicyclic) bond motifs is 1. The van der Waals surface area contributed by atoms with E-state index in [9.17, 15) is 9.59 Å². The third-order valence-corrected chi connectivity index (χ3v) is 3.46. The molecule has 0 saturated carbocycles. The molecule has 0 unspecified atom stereocenters. The summed E-state index contributed by atoms with van der Waals surface area (Å²) in [6, 6.07) is 16.4. The van der Waals surface area contributed by atoms with Crippen molar-refractivity contribution in [2.75, 3.05) is 6.61 Å². The topological polar surface area (TPSA) is 59.2 Å². The lowest BCUT2D eigenvalue weighted by atomic mass is 9.97. The third kappa shape index (κ3) is 2.39. The number of H-pyrrole nitrogens is 1. The third-order valence-electron chi connectivity index (χ3n) is 3.46. The quantitative estimate of drug-likeness (QED) is 0.753. The molecule has 1 N–H and O–H groups in total. The van der Waals surface area contributed by atoms with Crippen molar-refractivity contribution >= 4 is 16.9 Å². The number of benzene rings is 2. The highest BCUT2D eigenvalue weighted by molar-refractivity contribution is 6.08. The summed E-state index contributed by atoms with van der Waals surface area (Å²) in [5.41, 5.74) is 1.67. The number of aromatic nitrogens is 1. The first kappa shape index (κ1) is 14.1. The summed E-state index contributed by atoms with van der Waals surface area (Å²) in [7, 11) is 0. The Morgan fingerprint density at radius 3 is 2.45 bits per heavy atom. The molecular formula is C18H15NO3. The van der Waals surface area contributed by atoms with Gasteiger partial charge in [0.25, 0.3) is 5.56 Å². The molecule has 22 heavy (non-hydrogen) atoms. The molecule has 0 aliphatic rings. The number of carbonyl (C=O) groups is 1. The van der Waals surface area contributed by atoms with Crippen molar-refractivity contribution < 1.29 is 9.53 Å². The Hall–Kier alpha value is -2.88. The van der Waals surface area contributed by atoms with Gasteiger partial charge in [-0.3, -0.25) is 4.79 Å². The monoisotopic (exact) mass is 293 g/mol. The number of pyridine rings is 1. The maximum atomic E-state index is 12.5. The molecule has 1 aromatic heterocycles. The molecule has 0 spiro atoms. The van der Waals surface area contributed by atoms with E-state index in [1.807, 2.05) is 48.5 Å². The van der Waals surface area contributed by atoms with Gasteiger partial charge in [0.05, 0.1) is 17.7 Å². The van der Waals surface area contributed by atoms with Crippen LogP contribution in [0, 0.1) is 0 Å². The molecule has 110 valence electrons. The Kier molecular flexibility index (Phi) is 3.74. The number of para-hydroxylation sites is 1. The number of aromatic amines is 1. The fourth-order valence-corrected chi connectivity index (χ4v) is 2.54. The van der Waals surface area contributed by atoms with Crippen LogP contribution >= 0.6 is 0 Å². The molecule has 0 atom stereocenters. The van der Waals surface area contributed by atoms with Crippen molar-refractivity contribution in [2.45, 2.75) is 6.92 Å². The molecule has 0 bridgehead atoms. The Morgan fingerprint density at radius 2 is 1.73 bits per heavy atom. The van der Waals surface area contributed by atoms with Gasteiger partial charge in [0.2, 0.25) is 0 Å². The summed E-state index contributed by atoms with van der Waals surface area (Å²) in [4.78, 5) is 27.8. The summed E-state index contributed by atoms with van der Waals surface area (Å²) >= 11 is 0. The summed E-state index contributed by atoms with van der Waals surface area (Å²) in [5.74, 6) is -0.483. The molecule has 0 fully saturated rings. The van der Waals surface area contributed by atoms with Crippen molar-refractivity contribution in [3.8, 4) is 11.1 Å². The van der Waals surface area contributed by atoms with E-state index in [2.05, 4.69) is 4.98 Å². The predicted octanol–water partition coefficient (Wildman–Crippen LogP) is 3.37. The molecule has 2 aromatic carbocycles. The first-order valence-electron chi connectivity index (χ1n) is 7.10. The van der Waals surface area contributed by atoms with Gasteiger partial charge in [0, 0.05) is 10.9 Å². The number of nitrogens with one attached hydrogen (secondary N) is 1. The highest BCUT2D eigenvalue weighted by Gasteiger charge is 2.21. The molecule has 4 heteroatoms. The van der Waals surface area contributed by atoms with E-state index in [4.69, 9.17) is 4.74 Å². The average Bonchev–Trinajstić information content (AvgIpc) is 2.54. The van der Waals surface area contributed by atoms with Gasteiger partial charge in [-0.05, 0) is 18.6 Å². The number of rotatable bonds is 3. The minimum Gasteiger partial charge on any atom is -0.462 e. The molecule has 3 aromatic rings. The van der Waals surface area contributed by atoms with Gasteiger partial charge in [0.1, 0.15) is 0 Å². The second-order valence-electron chi connectivity index (χ2n) is 4.84. The summed E-state index contributed by atoms with van der Waals surface area (Å²) in [6.45, 7) is 2.00. The zero-order valence-electron chi connectivity index (χ0n) is 12.1. The van der Waals surface area contributed by atoms with Gasteiger partial charge < -0.3 is 9.72 Å². The first-order chi connectivity index (χ1) is 10.7. The van der Waals surface area contributed by atoms with Gasteiger partial charge in [-0.1, -0.05) is 48.5 Å². The van der Waals surface area contributed by atoms with Crippen LogP contribution in [-0.2, 0) is 4.74 Å². The Balaban J connectivity index is 2.40. The van der Waals surface area contributed by atoms with Crippen LogP contribution in [0.15, 0.2) is 59.4 Å². The Labute approximate surface area is 127 Å². The van der Waals surface area contributed by atoms with E-state index < -0.39 is 5.97 Å². The van der Waals surface area contributed by atoms with Crippen molar-refractivity contribution in [1.29, 1.82) is 0 Å². The van der Waals surface area contributed by atoms with Crippen LogP contribution in [0.3, 0.4) is 0 Å². The number of carbonyl (C=O) groups excluding carboxylic acids is 1. The lowest BCUT2D eigenvalue weighted by Gasteiger charge is -2.11. The van der Waals surface area contributed by atoms with Crippen molar-refractivity contribution in [1.82, 2.24) is 4.98 Å². The van der Waals surface area contributed by atoms with Crippen LogP contribution in [0.5, 0.6) is 0 Å². The standard InChI is InChI=1S/C18H15NO3/c1-2-22-18(21)16-13-10-6-7-11-14(13)19-17(20)15(16)12-8-4-3-5-9-12/h3-11H,2H2,1H3,(H,19,20). The van der Waals surface area contributed by atoms with Gasteiger partial charge >= 0.3 is 5.97 Å². The second kappa shape index (κ2) is 5.85. The maximum Gasteiger partial charge on any atom is 0.339 e. The van der Waals surface area contributed by atoms with Gasteiger partial charge in [0.15, 0.2) is 0 Å². The highest BCUT2D eigenvalue weighted by Crippen LogP contribution is 2.26. The summed E-state index contributed by atoms with van der Waals surface area (Å²) in [5, 5.41) is 0.680. The van der Waals surface area contributed by atoms with Gasteiger partial charge in [-0.25, -0.2) is 4.79 Å². The van der Waals surface area contributed by atoms with Crippen LogP contribution < -0.4 is 5.56 Å². The lowest BCUT2D eigenvalue weighted by molar-refractivity contribution is 0.0529. The fraction of sp³-hybridized carbons (Fsp3) is 0.111. The van der Waals surface area contributed by atoms with Crippen LogP contribution in [0.1, 0.15) is 17.3 Å². The largest absolute Gasteiger partial charge is 0.462 e. The zero-order chi connectivity index (χ0) is 15.5. The predicted molar refractivity (Wildman–Crippen MR) is 86.0 cm³/mol. The first-order valence-corrected chi connectivity index (χ1v) is 7.10. The van der Waals surface area contributed by atoms with E-state index in [0.717, 1.165) is 0 Å². The fourth-order valence-electron chi connectivity index (χ4n) is 2.54. The SMILES string of the molecule is CCOC(=O)c1c(-c2ccccc2)c(=O)[nH]c2ccccc12. The van der Waals surface area contributed by atoms with E-state index in [1.165, 1.54) is 0 Å². The molecule has 4 nitrogen and oxygen atoms in total. The van der Waals surface area contributed by atoms with Crippen LogP contribution in [-0.4, -0.2) is 17.6 Å². The molecule has 0 saturated heterocycles. The van der Waals surface area contributed by atoms with Gasteiger partial charge in [-0.15, -0.1) is 0 Å². The lowest BCUT2D eigenvalue weighted by Crippen LogP contribution is -2.17. The number of ether oxygens (including phenoxy) is 1. The normalized spacial score (nSPS) is 10.6. The molecule has 0 radical (unpaired) electrons. The van der Waals surface area contributed by atoms with Crippen LogP contribution in [0.2, 0.25) is 0 Å². The Bertz CT molecular complexity index is 882. The van der Waals surface area contributed by atoms with Crippen LogP contribution in [0.4, 0.5) is 0 Å². The smallest absolute Gasteiger partial charge is 0.339 e. The zero-order valence-corrected chi connectivity index (χ0v) is 12.1. The summed E-state index contributed by atoms with van der Waals surface area (Å²) in [6.07, 6.45) is 0. The van der Waals surface area contributed by atoms with Crippen molar-refractivity contribution in [2.24, 2.45) is 0 Å². The van der Waals surface area contributed by atoms with E-state index in [-0.39, 0.29) is 12.2 Å². The average molecular weight is 293 g/mol. The number of esters is 1. The summed E-state index contributed by atoms with van der Waals surface area (Å²) < 4.78 is 5.16. The molecule has 3 rings (SSSR count). The van der Waals surface area contributed by atoms with Crippen molar-refractivity contribution in [3.63, 3.8) is 0 Å². The minimum absolute atomic E-state index is 0.258. The molecule has 0 amide bonds. The van der Waals surface area contributed by atoms with E-state index in [1.54, 1.807) is 13.0 Å². The molecule has 1 heterocycles. The maximum absolute atomic E-state index is 12.5. The molecule has 0 aliphatic heterocycles. The Morgan fingerprint density at radius 1 is 1.05 bits per heavy atom. The van der Waals surface area contributed by atoms with Gasteiger partial charge in [-0.2, -0.15) is 0 Å². The second-order valence-corrected chi connectivity index (χ2v) is 4.84. The minimum atomic E-state index is -0.483. The van der Waals surface area contributed by atoms with Crippen molar-refractivity contribution in [3.05, 3.63) is 70.5 Å². The molecular weight excluding hydrogens is 278 g/mol.